The number of para-hydroxylation sites is 1. The number of hydrogen-bond donors (Lipinski definition) is 0. The number of hydrogen-bond acceptors (Lipinski definition) is 0. The van der Waals surface area contributed by atoms with E-state index in [9.17, 15) is 0 Å². The summed E-state index contributed by atoms with van der Waals surface area (Å²) < 4.78 is 2.31. The number of rotatable bonds is 7. The fourth-order valence-electron chi connectivity index (χ4n) is 11.6. The van der Waals surface area contributed by atoms with Gasteiger partial charge in [-0.15, -0.1) is 0 Å². The van der Waals surface area contributed by atoms with Crippen LogP contribution in [0.4, 0.5) is 0 Å². The molecule has 11 aromatic rings. The van der Waals surface area contributed by atoms with Gasteiger partial charge in [-0.3, -0.25) is 0 Å². The molecule has 0 bridgehead atoms. The maximum atomic E-state index is 2.52. The van der Waals surface area contributed by atoms with Crippen molar-refractivity contribution >= 4 is 55.9 Å². The van der Waals surface area contributed by atoms with E-state index in [-0.39, 0.29) is 5.41 Å². The van der Waals surface area contributed by atoms with Gasteiger partial charge in [0.25, 0.3) is 0 Å². The Morgan fingerprint density at radius 1 is 0.441 bits per heavy atom. The predicted octanol–water partition coefficient (Wildman–Crippen LogP) is 17.5. The lowest BCUT2D eigenvalue weighted by atomic mass is 9.80. The zero-order valence-electron chi connectivity index (χ0n) is 38.6. The standard InChI is InChI=1S/C67H49N/c1-67(2)62-38-44(36-50(47-21-11-6-12-22-47)35-43-28-34-65-61(37-43)55-24-15-16-26-64(55)68(65)3)27-31-57(62)66-56-25-14-13-23-52(56)51(42-63(66)67)41-60-58-39-48(45-17-7-4-8-18-45)29-32-53(58)54-33-30-49(40-59(54)60)46-19-9-5-10-20-46/h4-35,37-42H,36H2,1-3H3/b50-35-. The van der Waals surface area contributed by atoms with Gasteiger partial charge in [0.2, 0.25) is 0 Å². The number of fused-ring (bicyclic) bond motifs is 11. The molecule has 2 aliphatic carbocycles. The van der Waals surface area contributed by atoms with Gasteiger partial charge in [-0.1, -0.05) is 202 Å². The number of nitrogens with zero attached hydrogens (tertiary/aromatic N) is 1. The van der Waals surface area contributed by atoms with Crippen LogP contribution >= 0.6 is 0 Å². The van der Waals surface area contributed by atoms with Crippen molar-refractivity contribution in [3.05, 3.63) is 263 Å². The molecule has 0 radical (unpaired) electrons. The molecule has 0 amide bonds. The topological polar surface area (TPSA) is 4.93 Å². The molecule has 0 fully saturated rings. The Bertz CT molecular complexity index is 3790. The lowest BCUT2D eigenvalue weighted by molar-refractivity contribution is 0.660. The first kappa shape index (κ1) is 40.1. The van der Waals surface area contributed by atoms with Crippen LogP contribution in [0.25, 0.3) is 100 Å². The van der Waals surface area contributed by atoms with Crippen LogP contribution in [0, 0.1) is 0 Å². The fourth-order valence-corrected chi connectivity index (χ4v) is 11.6. The molecule has 68 heavy (non-hydrogen) atoms. The van der Waals surface area contributed by atoms with Crippen molar-refractivity contribution in [2.45, 2.75) is 25.7 Å². The van der Waals surface area contributed by atoms with Crippen LogP contribution in [-0.2, 0) is 18.9 Å². The Hall–Kier alpha value is -8.26. The molecule has 2 aliphatic rings. The summed E-state index contributed by atoms with van der Waals surface area (Å²) in [6.07, 6.45) is 5.72. The zero-order valence-corrected chi connectivity index (χ0v) is 38.6. The van der Waals surface area contributed by atoms with Gasteiger partial charge in [0, 0.05) is 34.3 Å². The van der Waals surface area contributed by atoms with E-state index in [1.807, 2.05) is 0 Å². The number of allylic oxidation sites excluding steroid dienone is 1. The van der Waals surface area contributed by atoms with E-state index in [2.05, 4.69) is 256 Å². The van der Waals surface area contributed by atoms with Crippen molar-refractivity contribution in [3.63, 3.8) is 0 Å². The third-order valence-electron chi connectivity index (χ3n) is 15.0. The van der Waals surface area contributed by atoms with Crippen LogP contribution in [-0.4, -0.2) is 4.57 Å². The highest BCUT2D eigenvalue weighted by molar-refractivity contribution is 6.13. The van der Waals surface area contributed by atoms with Crippen LogP contribution < -0.4 is 0 Å². The molecule has 1 aromatic heterocycles. The van der Waals surface area contributed by atoms with Gasteiger partial charge in [-0.2, -0.15) is 0 Å². The second-order valence-electron chi connectivity index (χ2n) is 19.3. The molecule has 10 aromatic carbocycles. The zero-order chi connectivity index (χ0) is 45.5. The summed E-state index contributed by atoms with van der Waals surface area (Å²) in [5.41, 5.74) is 25.4. The molecule has 322 valence electrons. The first-order valence-corrected chi connectivity index (χ1v) is 23.9. The fraction of sp³-hybridized carbons (Fsp3) is 0.0746. The van der Waals surface area contributed by atoms with E-state index in [0.717, 1.165) is 6.42 Å². The largest absolute Gasteiger partial charge is 0.344 e. The van der Waals surface area contributed by atoms with Crippen LogP contribution in [0.15, 0.2) is 218 Å². The van der Waals surface area contributed by atoms with Gasteiger partial charge in [0.05, 0.1) is 0 Å². The molecule has 0 saturated heterocycles. The van der Waals surface area contributed by atoms with Gasteiger partial charge in [0.15, 0.2) is 0 Å². The van der Waals surface area contributed by atoms with Gasteiger partial charge in [-0.25, -0.2) is 0 Å². The molecule has 1 heteroatoms. The quantitative estimate of drug-likeness (QED) is 0.141. The Balaban J connectivity index is 0.931. The highest BCUT2D eigenvalue weighted by atomic mass is 14.9. The number of benzene rings is 10. The van der Waals surface area contributed by atoms with Crippen molar-refractivity contribution in [2.24, 2.45) is 7.05 Å². The normalized spacial score (nSPS) is 13.5. The first-order chi connectivity index (χ1) is 33.4. The summed E-state index contributed by atoms with van der Waals surface area (Å²) in [6, 6.07) is 81.1. The van der Waals surface area contributed by atoms with Crippen molar-refractivity contribution in [1.82, 2.24) is 4.57 Å². The highest BCUT2D eigenvalue weighted by Gasteiger charge is 2.37. The van der Waals surface area contributed by atoms with Crippen LogP contribution in [0.5, 0.6) is 0 Å². The molecular formula is C67H49N. The Morgan fingerprint density at radius 2 is 1.01 bits per heavy atom. The minimum Gasteiger partial charge on any atom is -0.344 e. The Labute approximate surface area is 398 Å². The molecule has 0 unspecified atom stereocenters. The summed E-state index contributed by atoms with van der Waals surface area (Å²) in [6.45, 7) is 4.86. The van der Waals surface area contributed by atoms with E-state index in [0.29, 0.717) is 0 Å². The van der Waals surface area contributed by atoms with Gasteiger partial charge < -0.3 is 4.57 Å². The lowest BCUT2D eigenvalue weighted by Crippen LogP contribution is -2.15. The second-order valence-corrected chi connectivity index (χ2v) is 19.3. The first-order valence-electron chi connectivity index (χ1n) is 23.9. The van der Waals surface area contributed by atoms with Crippen molar-refractivity contribution in [1.29, 1.82) is 0 Å². The monoisotopic (exact) mass is 867 g/mol. The minimum absolute atomic E-state index is 0.222. The molecule has 0 aliphatic heterocycles. The smallest absolute Gasteiger partial charge is 0.0489 e. The third-order valence-corrected chi connectivity index (χ3v) is 15.0. The van der Waals surface area contributed by atoms with E-state index < -0.39 is 0 Å². The van der Waals surface area contributed by atoms with Crippen molar-refractivity contribution < 1.29 is 0 Å². The molecule has 1 heterocycles. The molecule has 1 nitrogen and oxygen atoms in total. The molecule has 0 atom stereocenters. The average Bonchev–Trinajstić information content (AvgIpc) is 3.94. The van der Waals surface area contributed by atoms with Gasteiger partial charge in [-0.05, 0) is 160 Å². The Morgan fingerprint density at radius 3 is 1.69 bits per heavy atom. The second kappa shape index (κ2) is 15.7. The van der Waals surface area contributed by atoms with Gasteiger partial charge >= 0.3 is 0 Å². The molecule has 0 N–H and O–H groups in total. The average molecular weight is 868 g/mol. The summed E-state index contributed by atoms with van der Waals surface area (Å²) >= 11 is 0. The summed E-state index contributed by atoms with van der Waals surface area (Å²) in [4.78, 5) is 0. The van der Waals surface area contributed by atoms with Crippen LogP contribution in [0.2, 0.25) is 0 Å². The summed E-state index contributed by atoms with van der Waals surface area (Å²) in [5, 5.41) is 5.16. The van der Waals surface area contributed by atoms with Crippen LogP contribution in [0.1, 0.15) is 58.4 Å². The van der Waals surface area contributed by atoms with E-state index >= 15 is 0 Å². The molecular weight excluding hydrogens is 819 g/mol. The minimum atomic E-state index is -0.222. The third kappa shape index (κ3) is 6.45. The highest BCUT2D eigenvalue weighted by Crippen LogP contribution is 2.54. The Kier molecular flexibility index (Phi) is 9.24. The van der Waals surface area contributed by atoms with E-state index in [4.69, 9.17) is 0 Å². The van der Waals surface area contributed by atoms with Crippen molar-refractivity contribution in [2.75, 3.05) is 0 Å². The number of aryl methyl sites for hydroxylation is 1. The number of aromatic nitrogens is 1. The molecule has 0 spiro atoms. The molecule has 0 saturated carbocycles. The maximum Gasteiger partial charge on any atom is 0.0489 e. The summed E-state index contributed by atoms with van der Waals surface area (Å²) in [7, 11) is 2.17. The SMILES string of the molecule is Cn1c2ccccc2c2cc(/C=C(/Cc3ccc4c(c3)C(C)(C)c3cc(C=C5c6cc(-c7ccccc7)ccc6-c6ccc(-c7ccccc7)cc65)c5ccccc5c3-4)c3ccccc3)ccc21. The molecule has 13 rings (SSSR count). The maximum absolute atomic E-state index is 2.52. The summed E-state index contributed by atoms with van der Waals surface area (Å²) in [5.74, 6) is 0. The van der Waals surface area contributed by atoms with E-state index in [1.54, 1.807) is 0 Å². The predicted molar refractivity (Wildman–Crippen MR) is 290 cm³/mol. The lowest BCUT2D eigenvalue weighted by Gasteiger charge is -2.23. The van der Waals surface area contributed by atoms with Crippen molar-refractivity contribution in [3.8, 4) is 44.5 Å². The van der Waals surface area contributed by atoms with E-state index in [1.165, 1.54) is 133 Å². The van der Waals surface area contributed by atoms with Crippen LogP contribution in [0.3, 0.4) is 0 Å². The van der Waals surface area contributed by atoms with Gasteiger partial charge in [0.1, 0.15) is 0 Å².